The molecule has 0 fully saturated rings. The lowest BCUT2D eigenvalue weighted by Gasteiger charge is -2.07. The second-order valence-electron chi connectivity index (χ2n) is 3.18. The monoisotopic (exact) mass is 335 g/mol. The molecular weight excluding hydrogens is 329 g/mol. The number of nitrogens with one attached hydrogen (secondary N) is 1. The third-order valence-electron chi connectivity index (χ3n) is 2.01. The van der Waals surface area contributed by atoms with Crippen LogP contribution in [0.1, 0.15) is 4.88 Å². The lowest BCUT2D eigenvalue weighted by Crippen LogP contribution is -1.97. The minimum absolute atomic E-state index is 0.706. The van der Waals surface area contributed by atoms with Gasteiger partial charge in [-0.3, -0.25) is 0 Å². The number of halogens is 3. The summed E-state index contributed by atoms with van der Waals surface area (Å²) in [5.74, 6) is 0. The molecule has 84 valence electrons. The summed E-state index contributed by atoms with van der Waals surface area (Å²) in [5.41, 5.74) is 0.925. The van der Waals surface area contributed by atoms with Crippen LogP contribution in [0.3, 0.4) is 0 Å². The van der Waals surface area contributed by atoms with Gasteiger partial charge in [0.25, 0.3) is 0 Å². The summed E-state index contributed by atoms with van der Waals surface area (Å²) in [6, 6.07) is 9.67. The third kappa shape index (κ3) is 3.14. The summed E-state index contributed by atoms with van der Waals surface area (Å²) in [6.45, 7) is 0.735. The lowest BCUT2D eigenvalue weighted by molar-refractivity contribution is 1.19. The first-order valence-electron chi connectivity index (χ1n) is 4.58. The summed E-state index contributed by atoms with van der Waals surface area (Å²) in [5, 5.41) is 3.97. The highest BCUT2D eigenvalue weighted by Gasteiger charge is 2.02. The normalized spacial score (nSPS) is 10.4. The predicted octanol–water partition coefficient (Wildman–Crippen LogP) is 5.43. The molecule has 0 saturated heterocycles. The van der Waals surface area contributed by atoms with E-state index < -0.39 is 0 Å². The Balaban J connectivity index is 2.04. The van der Waals surface area contributed by atoms with Gasteiger partial charge in [-0.25, -0.2) is 0 Å². The van der Waals surface area contributed by atoms with Gasteiger partial charge in [0.1, 0.15) is 0 Å². The fourth-order valence-electron chi connectivity index (χ4n) is 1.26. The predicted molar refractivity (Wildman–Crippen MR) is 75.8 cm³/mol. The van der Waals surface area contributed by atoms with E-state index >= 15 is 0 Å². The highest BCUT2D eigenvalue weighted by atomic mass is 79.9. The zero-order valence-electron chi connectivity index (χ0n) is 8.14. The van der Waals surface area contributed by atoms with Gasteiger partial charge < -0.3 is 5.32 Å². The highest BCUT2D eigenvalue weighted by molar-refractivity contribution is 9.10. The van der Waals surface area contributed by atoms with Crippen LogP contribution in [-0.2, 0) is 6.54 Å². The van der Waals surface area contributed by atoms with Crippen LogP contribution in [0, 0.1) is 0 Å². The second kappa shape index (κ2) is 5.41. The minimum atomic E-state index is 0.706. The van der Waals surface area contributed by atoms with Crippen LogP contribution in [0.5, 0.6) is 0 Å². The van der Waals surface area contributed by atoms with Crippen molar-refractivity contribution < 1.29 is 0 Å². The van der Waals surface area contributed by atoms with E-state index in [2.05, 4.69) is 21.2 Å². The lowest BCUT2D eigenvalue weighted by atomic mass is 10.3. The fourth-order valence-corrected chi connectivity index (χ4v) is 3.03. The molecule has 0 saturated carbocycles. The van der Waals surface area contributed by atoms with E-state index in [4.69, 9.17) is 23.2 Å². The maximum atomic E-state index is 6.09. The van der Waals surface area contributed by atoms with Gasteiger partial charge in [-0.05, 0) is 30.3 Å². The Hall–Kier alpha value is -0.220. The van der Waals surface area contributed by atoms with E-state index in [0.29, 0.717) is 5.02 Å². The molecule has 0 atom stereocenters. The standard InChI is InChI=1S/C11H8BrCl2NS/c12-7-1-3-10(9(13)5-7)15-6-8-2-4-11(14)16-8/h1-5,15H,6H2. The summed E-state index contributed by atoms with van der Waals surface area (Å²) < 4.78 is 1.78. The van der Waals surface area contributed by atoms with Crippen LogP contribution >= 0.6 is 50.5 Å². The van der Waals surface area contributed by atoms with Crippen molar-refractivity contribution in [1.82, 2.24) is 0 Å². The van der Waals surface area contributed by atoms with Crippen LogP contribution in [0.25, 0.3) is 0 Å². The molecule has 0 spiro atoms. The maximum Gasteiger partial charge on any atom is 0.0931 e. The van der Waals surface area contributed by atoms with Crippen molar-refractivity contribution in [3.63, 3.8) is 0 Å². The Kier molecular flexibility index (Phi) is 4.14. The van der Waals surface area contributed by atoms with Gasteiger partial charge in [0.2, 0.25) is 0 Å². The van der Waals surface area contributed by atoms with Gasteiger partial charge in [0.15, 0.2) is 0 Å². The fraction of sp³-hybridized carbons (Fsp3) is 0.0909. The third-order valence-corrected chi connectivity index (χ3v) is 4.05. The molecule has 0 aliphatic carbocycles. The van der Waals surface area contributed by atoms with E-state index in [1.807, 2.05) is 30.3 Å². The molecular formula is C11H8BrCl2NS. The van der Waals surface area contributed by atoms with Crippen molar-refractivity contribution in [3.8, 4) is 0 Å². The first kappa shape index (κ1) is 12.2. The van der Waals surface area contributed by atoms with Crippen LogP contribution < -0.4 is 5.32 Å². The van der Waals surface area contributed by atoms with Gasteiger partial charge in [0, 0.05) is 15.9 Å². The molecule has 16 heavy (non-hydrogen) atoms. The largest absolute Gasteiger partial charge is 0.379 e. The van der Waals surface area contributed by atoms with Gasteiger partial charge in [0.05, 0.1) is 15.0 Å². The Labute approximate surface area is 117 Å². The van der Waals surface area contributed by atoms with E-state index in [-0.39, 0.29) is 0 Å². The van der Waals surface area contributed by atoms with Crippen LogP contribution in [0.2, 0.25) is 9.36 Å². The number of hydrogen-bond donors (Lipinski definition) is 1. The van der Waals surface area contributed by atoms with Gasteiger partial charge in [-0.2, -0.15) is 0 Å². The highest BCUT2D eigenvalue weighted by Crippen LogP contribution is 2.27. The number of thiophene rings is 1. The zero-order valence-corrected chi connectivity index (χ0v) is 12.1. The first-order valence-corrected chi connectivity index (χ1v) is 6.95. The molecule has 0 radical (unpaired) electrons. The molecule has 1 heterocycles. The first-order chi connectivity index (χ1) is 7.65. The average molecular weight is 337 g/mol. The molecule has 0 unspecified atom stereocenters. The number of anilines is 1. The van der Waals surface area contributed by atoms with E-state index in [1.54, 1.807) is 11.3 Å². The summed E-state index contributed by atoms with van der Waals surface area (Å²) in [4.78, 5) is 1.18. The maximum absolute atomic E-state index is 6.09. The molecule has 1 nitrogen and oxygen atoms in total. The number of hydrogen-bond acceptors (Lipinski definition) is 2. The molecule has 1 N–H and O–H groups in total. The Morgan fingerprint density at radius 1 is 1.19 bits per heavy atom. The Bertz CT molecular complexity index is 498. The van der Waals surface area contributed by atoms with Crippen molar-refractivity contribution >= 4 is 56.2 Å². The average Bonchev–Trinajstić information content (AvgIpc) is 2.63. The smallest absolute Gasteiger partial charge is 0.0931 e. The van der Waals surface area contributed by atoms with Crippen molar-refractivity contribution in [3.05, 3.63) is 49.0 Å². The Morgan fingerprint density at radius 2 is 2.00 bits per heavy atom. The molecule has 2 aromatic rings. The van der Waals surface area contributed by atoms with E-state index in [1.165, 1.54) is 4.88 Å². The molecule has 0 amide bonds. The molecule has 2 rings (SSSR count). The topological polar surface area (TPSA) is 12.0 Å². The van der Waals surface area contributed by atoms with Crippen molar-refractivity contribution in [1.29, 1.82) is 0 Å². The molecule has 1 aromatic carbocycles. The summed E-state index contributed by atoms with van der Waals surface area (Å²) in [6.07, 6.45) is 0. The Morgan fingerprint density at radius 3 is 2.62 bits per heavy atom. The number of benzene rings is 1. The molecule has 0 aliphatic rings. The van der Waals surface area contributed by atoms with Gasteiger partial charge >= 0.3 is 0 Å². The molecule has 1 aromatic heterocycles. The van der Waals surface area contributed by atoms with Gasteiger partial charge in [-0.1, -0.05) is 39.1 Å². The second-order valence-corrected chi connectivity index (χ2v) is 6.31. The molecule has 0 bridgehead atoms. The minimum Gasteiger partial charge on any atom is -0.379 e. The summed E-state index contributed by atoms with van der Waals surface area (Å²) in [7, 11) is 0. The summed E-state index contributed by atoms with van der Waals surface area (Å²) >= 11 is 16.9. The SMILES string of the molecule is Clc1ccc(CNc2ccc(Br)cc2Cl)s1. The quantitative estimate of drug-likeness (QED) is 0.788. The van der Waals surface area contributed by atoms with Crippen molar-refractivity contribution in [2.75, 3.05) is 5.32 Å². The number of rotatable bonds is 3. The van der Waals surface area contributed by atoms with Crippen molar-refractivity contribution in [2.45, 2.75) is 6.54 Å². The molecule has 0 aliphatic heterocycles. The van der Waals surface area contributed by atoms with Crippen molar-refractivity contribution in [2.24, 2.45) is 0 Å². The zero-order chi connectivity index (χ0) is 11.5. The molecule has 5 heteroatoms. The van der Waals surface area contributed by atoms with E-state index in [9.17, 15) is 0 Å². The van der Waals surface area contributed by atoms with Gasteiger partial charge in [-0.15, -0.1) is 11.3 Å². The van der Waals surface area contributed by atoms with Crippen LogP contribution in [0.4, 0.5) is 5.69 Å². The van der Waals surface area contributed by atoms with E-state index in [0.717, 1.165) is 21.0 Å². The van der Waals surface area contributed by atoms with Crippen LogP contribution in [0.15, 0.2) is 34.8 Å². The van der Waals surface area contributed by atoms with Crippen LogP contribution in [-0.4, -0.2) is 0 Å².